The van der Waals surface area contributed by atoms with E-state index in [4.69, 9.17) is 5.73 Å². The second kappa shape index (κ2) is 7.04. The lowest BCUT2D eigenvalue weighted by atomic mass is 10.2. The number of alkyl halides is 3. The molecule has 0 aliphatic carbocycles. The van der Waals surface area contributed by atoms with Crippen LogP contribution in [0.3, 0.4) is 0 Å². The van der Waals surface area contributed by atoms with Gasteiger partial charge >= 0.3 is 6.18 Å². The Labute approximate surface area is 141 Å². The normalized spacial score (nSPS) is 20.0. The van der Waals surface area contributed by atoms with Crippen molar-refractivity contribution in [1.82, 2.24) is 4.31 Å². The maximum atomic E-state index is 13.1. The first-order chi connectivity index (χ1) is 9.67. The standard InChI is InChI=1S/C12H14BrF3N2O2S.ClH/c13-8-3-4-11(10(6-8)12(14,15)16)21(19,20)18-5-1-2-9(18)7-17;/h3-4,6,9H,1-2,5,7,17H2;1H. The molecule has 2 rings (SSSR count). The summed E-state index contributed by atoms with van der Waals surface area (Å²) in [6.07, 6.45) is -3.59. The van der Waals surface area contributed by atoms with Crippen LogP contribution < -0.4 is 5.73 Å². The summed E-state index contributed by atoms with van der Waals surface area (Å²) in [7, 11) is -4.22. The molecule has 22 heavy (non-hydrogen) atoms. The van der Waals surface area contributed by atoms with E-state index < -0.39 is 32.7 Å². The fraction of sp³-hybridized carbons (Fsp3) is 0.500. The number of hydrogen-bond donors (Lipinski definition) is 1. The van der Waals surface area contributed by atoms with Gasteiger partial charge in [0.2, 0.25) is 10.0 Å². The Kier molecular flexibility index (Phi) is 6.30. The summed E-state index contributed by atoms with van der Waals surface area (Å²) in [5, 5.41) is 0. The first kappa shape index (κ1) is 19.7. The highest BCUT2D eigenvalue weighted by atomic mass is 79.9. The van der Waals surface area contributed by atoms with Gasteiger partial charge in [-0.1, -0.05) is 15.9 Å². The highest BCUT2D eigenvalue weighted by molar-refractivity contribution is 9.10. The molecular weight excluding hydrogens is 409 g/mol. The third kappa shape index (κ3) is 3.76. The maximum Gasteiger partial charge on any atom is 0.417 e. The summed E-state index contributed by atoms with van der Waals surface area (Å²) in [4.78, 5) is -0.724. The van der Waals surface area contributed by atoms with E-state index in [1.807, 2.05) is 0 Å². The number of nitrogens with two attached hydrogens (primary N) is 1. The average Bonchev–Trinajstić information content (AvgIpc) is 2.86. The van der Waals surface area contributed by atoms with Crippen LogP contribution in [-0.4, -0.2) is 31.9 Å². The van der Waals surface area contributed by atoms with Crippen LogP contribution in [0.2, 0.25) is 0 Å². The Morgan fingerprint density at radius 2 is 2.00 bits per heavy atom. The van der Waals surface area contributed by atoms with E-state index in [1.54, 1.807) is 0 Å². The van der Waals surface area contributed by atoms with Crippen molar-refractivity contribution in [2.45, 2.75) is 30.0 Å². The summed E-state index contributed by atoms with van der Waals surface area (Å²) in [5.41, 5.74) is 4.34. The minimum atomic E-state index is -4.75. The molecule has 1 aliphatic heterocycles. The second-order valence-corrected chi connectivity index (χ2v) is 7.56. The first-order valence-electron chi connectivity index (χ1n) is 6.26. The second-order valence-electron chi connectivity index (χ2n) is 4.79. The molecule has 1 aliphatic rings. The third-order valence-corrected chi connectivity index (χ3v) is 5.93. The Bertz CT molecular complexity index is 640. The molecule has 0 amide bonds. The van der Waals surface area contributed by atoms with Gasteiger partial charge in [0.05, 0.1) is 10.5 Å². The van der Waals surface area contributed by atoms with Gasteiger partial charge in [0.15, 0.2) is 0 Å². The minimum Gasteiger partial charge on any atom is -0.329 e. The van der Waals surface area contributed by atoms with Crippen molar-refractivity contribution in [3.8, 4) is 0 Å². The van der Waals surface area contributed by atoms with E-state index in [0.29, 0.717) is 12.8 Å². The maximum absolute atomic E-state index is 13.1. The van der Waals surface area contributed by atoms with E-state index in [-0.39, 0.29) is 30.0 Å². The number of benzene rings is 1. The predicted octanol–water partition coefficient (Wildman–Crippen LogP) is 3.00. The molecule has 126 valence electrons. The van der Waals surface area contributed by atoms with Gasteiger partial charge in [0.1, 0.15) is 0 Å². The van der Waals surface area contributed by atoms with Crippen molar-refractivity contribution in [3.63, 3.8) is 0 Å². The number of halogens is 5. The highest BCUT2D eigenvalue weighted by Crippen LogP contribution is 2.38. The van der Waals surface area contributed by atoms with Crippen molar-refractivity contribution in [3.05, 3.63) is 28.2 Å². The van der Waals surface area contributed by atoms with Gasteiger partial charge in [0.25, 0.3) is 0 Å². The van der Waals surface area contributed by atoms with Crippen LogP contribution in [0.4, 0.5) is 13.2 Å². The zero-order chi connectivity index (χ0) is 15.8. The van der Waals surface area contributed by atoms with Crippen molar-refractivity contribution in [2.24, 2.45) is 5.73 Å². The fourth-order valence-corrected chi connectivity index (χ4v) is 4.70. The van der Waals surface area contributed by atoms with Crippen LogP contribution in [0.1, 0.15) is 18.4 Å². The molecule has 0 aromatic heterocycles. The van der Waals surface area contributed by atoms with Gasteiger partial charge in [0, 0.05) is 23.6 Å². The molecule has 1 atom stereocenters. The molecule has 1 saturated heterocycles. The molecule has 4 nitrogen and oxygen atoms in total. The molecule has 1 unspecified atom stereocenters. The van der Waals surface area contributed by atoms with Crippen molar-refractivity contribution in [1.29, 1.82) is 0 Å². The lowest BCUT2D eigenvalue weighted by Gasteiger charge is -2.24. The lowest BCUT2D eigenvalue weighted by molar-refractivity contribution is -0.140. The van der Waals surface area contributed by atoms with Gasteiger partial charge in [-0.2, -0.15) is 17.5 Å². The van der Waals surface area contributed by atoms with Gasteiger partial charge in [-0.3, -0.25) is 0 Å². The van der Waals surface area contributed by atoms with Gasteiger partial charge in [-0.25, -0.2) is 8.42 Å². The van der Waals surface area contributed by atoms with Gasteiger partial charge in [-0.15, -0.1) is 12.4 Å². The van der Waals surface area contributed by atoms with E-state index >= 15 is 0 Å². The monoisotopic (exact) mass is 422 g/mol. The molecular formula is C12H15BrClF3N2O2S. The Morgan fingerprint density at radius 3 is 2.55 bits per heavy atom. The predicted molar refractivity (Wildman–Crippen MR) is 82.4 cm³/mol. The number of hydrogen-bond acceptors (Lipinski definition) is 3. The SMILES string of the molecule is Cl.NCC1CCCN1S(=O)(=O)c1ccc(Br)cc1C(F)(F)F. The van der Waals surface area contributed by atoms with E-state index in [2.05, 4.69) is 15.9 Å². The lowest BCUT2D eigenvalue weighted by Crippen LogP contribution is -2.40. The van der Waals surface area contributed by atoms with Crippen molar-refractivity contribution < 1.29 is 21.6 Å². The van der Waals surface area contributed by atoms with Gasteiger partial charge < -0.3 is 5.73 Å². The number of rotatable bonds is 3. The molecule has 1 aromatic rings. The van der Waals surface area contributed by atoms with E-state index in [1.165, 1.54) is 6.07 Å². The van der Waals surface area contributed by atoms with Crippen LogP contribution >= 0.6 is 28.3 Å². The summed E-state index contributed by atoms with van der Waals surface area (Å²) in [5.74, 6) is 0. The summed E-state index contributed by atoms with van der Waals surface area (Å²) < 4.78 is 65.6. The van der Waals surface area contributed by atoms with E-state index in [9.17, 15) is 21.6 Å². The smallest absolute Gasteiger partial charge is 0.329 e. The van der Waals surface area contributed by atoms with Crippen LogP contribution in [-0.2, 0) is 16.2 Å². The number of sulfonamides is 1. The number of nitrogens with zero attached hydrogens (tertiary/aromatic N) is 1. The minimum absolute atomic E-state index is 0. The van der Waals surface area contributed by atoms with Crippen LogP contribution in [0.5, 0.6) is 0 Å². The Hall–Kier alpha value is -0.350. The molecule has 10 heteroatoms. The molecule has 1 fully saturated rings. The molecule has 2 N–H and O–H groups in total. The largest absolute Gasteiger partial charge is 0.417 e. The molecule has 1 aromatic carbocycles. The van der Waals surface area contributed by atoms with Crippen LogP contribution in [0, 0.1) is 0 Å². The first-order valence-corrected chi connectivity index (χ1v) is 8.50. The zero-order valence-electron chi connectivity index (χ0n) is 11.3. The Morgan fingerprint density at radius 1 is 1.36 bits per heavy atom. The topological polar surface area (TPSA) is 63.4 Å². The summed E-state index contributed by atoms with van der Waals surface area (Å²) >= 11 is 2.94. The van der Waals surface area contributed by atoms with Crippen LogP contribution in [0.15, 0.2) is 27.6 Å². The fourth-order valence-electron chi connectivity index (χ4n) is 2.44. The average molecular weight is 424 g/mol. The van der Waals surface area contributed by atoms with Crippen molar-refractivity contribution in [2.75, 3.05) is 13.1 Å². The molecule has 0 spiro atoms. The van der Waals surface area contributed by atoms with Gasteiger partial charge in [-0.05, 0) is 31.0 Å². The molecule has 1 heterocycles. The summed E-state index contributed by atoms with van der Waals surface area (Å²) in [6, 6.07) is 2.60. The highest BCUT2D eigenvalue weighted by Gasteiger charge is 2.41. The molecule has 0 saturated carbocycles. The Balaban J connectivity index is 0.00000242. The third-order valence-electron chi connectivity index (χ3n) is 3.43. The molecule has 0 radical (unpaired) electrons. The van der Waals surface area contributed by atoms with E-state index in [0.717, 1.165) is 16.4 Å². The summed E-state index contributed by atoms with van der Waals surface area (Å²) in [6.45, 7) is 0.286. The van der Waals surface area contributed by atoms with Crippen LogP contribution in [0.25, 0.3) is 0 Å². The quantitative estimate of drug-likeness (QED) is 0.813. The molecule has 0 bridgehead atoms. The van der Waals surface area contributed by atoms with Crippen molar-refractivity contribution >= 4 is 38.4 Å². The zero-order valence-corrected chi connectivity index (χ0v) is 14.5.